The fraction of sp³-hybridized carbons (Fsp3) is 0.467. The van der Waals surface area contributed by atoms with Gasteiger partial charge in [0.25, 0.3) is 0 Å². The molecule has 0 fully saturated rings. The summed E-state index contributed by atoms with van der Waals surface area (Å²) in [6.07, 6.45) is 7.55. The number of aryl methyl sites for hydroxylation is 1. The number of benzene rings is 1. The van der Waals surface area contributed by atoms with Crippen LogP contribution in [0.15, 0.2) is 63.9 Å². The average molecular weight is 561 g/mol. The number of amides is 1. The van der Waals surface area contributed by atoms with Gasteiger partial charge >= 0.3 is 0 Å². The number of hydrogen-bond acceptors (Lipinski definition) is 5. The summed E-state index contributed by atoms with van der Waals surface area (Å²) in [7, 11) is 3.21. The van der Waals surface area contributed by atoms with E-state index in [1.165, 1.54) is 0 Å². The Labute approximate surface area is 236 Å². The van der Waals surface area contributed by atoms with Crippen molar-refractivity contribution in [3.63, 3.8) is 0 Å². The Morgan fingerprint density at radius 1 is 1.24 bits per heavy atom. The molecule has 1 aliphatic heterocycles. The molecule has 206 valence electrons. The van der Waals surface area contributed by atoms with Crippen LogP contribution in [0.5, 0.6) is 0 Å². The maximum absolute atomic E-state index is 12.2. The number of carbonyl (C=O) groups excluding carboxylic acids is 1. The van der Waals surface area contributed by atoms with Gasteiger partial charge in [-0.2, -0.15) is 0 Å². The van der Waals surface area contributed by atoms with E-state index in [1.807, 2.05) is 45.0 Å². The number of methoxy groups -OCH3 is 2. The number of allylic oxidation sites excluding steroid dienone is 2. The molecule has 3 rings (SSSR count). The van der Waals surface area contributed by atoms with E-state index in [1.54, 1.807) is 14.2 Å². The van der Waals surface area contributed by atoms with Crippen LogP contribution in [-0.4, -0.2) is 49.9 Å². The van der Waals surface area contributed by atoms with E-state index in [9.17, 15) is 4.79 Å². The minimum absolute atomic E-state index is 0.0183. The standard InChI is InChI=1S/C30H39Cl2N3O3/c1-7-9-26(36)35-23-11-8-10-17(2)27(23)22(33)14-21-13-12-20(16-34-21)18(3)19(4)28-29(31)24(37-5)15-25(38-6)30(28)32/h8,10-13,15,20-21,24,29,33-34H,7,9,14,16H2,1-6H3,(H,35,36)/b19-18+,33-22?. The number of ether oxygens (including phenoxy) is 2. The highest BCUT2D eigenvalue weighted by molar-refractivity contribution is 6.34. The maximum Gasteiger partial charge on any atom is 0.224 e. The third-order valence-electron chi connectivity index (χ3n) is 7.30. The number of halogens is 2. The van der Waals surface area contributed by atoms with Crippen LogP contribution in [0.2, 0.25) is 0 Å². The van der Waals surface area contributed by atoms with Gasteiger partial charge in [0.15, 0.2) is 0 Å². The van der Waals surface area contributed by atoms with E-state index in [0.717, 1.165) is 40.8 Å². The molecule has 6 nitrogen and oxygen atoms in total. The molecule has 1 aromatic carbocycles. The number of nitrogens with one attached hydrogen (secondary N) is 3. The highest BCUT2D eigenvalue weighted by atomic mass is 35.5. The van der Waals surface area contributed by atoms with Gasteiger partial charge < -0.3 is 25.5 Å². The zero-order valence-corrected chi connectivity index (χ0v) is 24.6. The Morgan fingerprint density at radius 2 is 1.97 bits per heavy atom. The minimum Gasteiger partial charge on any atom is -0.495 e. The number of rotatable bonds is 10. The van der Waals surface area contributed by atoms with Crippen molar-refractivity contribution in [2.45, 2.75) is 64.5 Å². The van der Waals surface area contributed by atoms with Crippen molar-refractivity contribution in [1.82, 2.24) is 5.32 Å². The monoisotopic (exact) mass is 559 g/mol. The summed E-state index contributed by atoms with van der Waals surface area (Å²) < 4.78 is 11.0. The van der Waals surface area contributed by atoms with Crippen LogP contribution in [0, 0.1) is 18.3 Å². The highest BCUT2D eigenvalue weighted by Crippen LogP contribution is 2.39. The van der Waals surface area contributed by atoms with Crippen molar-refractivity contribution < 1.29 is 14.3 Å². The zero-order valence-electron chi connectivity index (χ0n) is 23.1. The molecule has 8 heteroatoms. The molecule has 0 saturated carbocycles. The Balaban J connectivity index is 1.77. The number of hydrogen-bond donors (Lipinski definition) is 3. The molecule has 0 bridgehead atoms. The van der Waals surface area contributed by atoms with Crippen molar-refractivity contribution in [3.8, 4) is 0 Å². The van der Waals surface area contributed by atoms with E-state index >= 15 is 0 Å². The van der Waals surface area contributed by atoms with Crippen molar-refractivity contribution in [3.05, 3.63) is 75.1 Å². The maximum atomic E-state index is 12.2. The van der Waals surface area contributed by atoms with E-state index in [2.05, 4.69) is 29.7 Å². The Kier molecular flexibility index (Phi) is 10.8. The van der Waals surface area contributed by atoms with Crippen molar-refractivity contribution in [2.24, 2.45) is 5.92 Å². The fourth-order valence-corrected chi connectivity index (χ4v) is 5.89. The minimum atomic E-state index is -0.420. The summed E-state index contributed by atoms with van der Waals surface area (Å²) in [4.78, 5) is 12.2. The van der Waals surface area contributed by atoms with Gasteiger partial charge in [-0.05, 0) is 56.0 Å². The van der Waals surface area contributed by atoms with E-state index in [-0.39, 0.29) is 24.0 Å². The van der Waals surface area contributed by atoms with Gasteiger partial charge in [0.1, 0.15) is 5.76 Å². The average Bonchev–Trinajstić information content (AvgIpc) is 2.89. The molecular formula is C30H39Cl2N3O3. The summed E-state index contributed by atoms with van der Waals surface area (Å²) >= 11 is 13.5. The lowest BCUT2D eigenvalue weighted by Gasteiger charge is -2.31. The molecule has 1 aliphatic carbocycles. The third-order valence-corrected chi connectivity index (χ3v) is 8.16. The second-order valence-electron chi connectivity index (χ2n) is 9.86. The molecule has 1 amide bonds. The van der Waals surface area contributed by atoms with Gasteiger partial charge in [0.2, 0.25) is 5.91 Å². The lowest BCUT2D eigenvalue weighted by Crippen LogP contribution is -2.37. The van der Waals surface area contributed by atoms with Crippen LogP contribution in [0.1, 0.15) is 51.2 Å². The SMILES string of the molecule is CCCC(=O)Nc1cccc(C)c1C(=N)CC1C=CC(/C(C)=C(\C)C2=C(Cl)C(OC)=CC(OC)C2Cl)CN1. The lowest BCUT2D eigenvalue weighted by atomic mass is 9.85. The molecule has 1 heterocycles. The normalized spacial score (nSPS) is 24.1. The van der Waals surface area contributed by atoms with Gasteiger partial charge in [-0.1, -0.05) is 48.4 Å². The number of anilines is 1. The first-order valence-corrected chi connectivity index (χ1v) is 13.8. The van der Waals surface area contributed by atoms with Crippen molar-refractivity contribution >= 4 is 40.5 Å². The van der Waals surface area contributed by atoms with Gasteiger partial charge in [0, 0.05) is 49.7 Å². The van der Waals surface area contributed by atoms with E-state index < -0.39 is 5.38 Å². The van der Waals surface area contributed by atoms with Crippen LogP contribution in [-0.2, 0) is 14.3 Å². The van der Waals surface area contributed by atoms with Crippen LogP contribution >= 0.6 is 23.2 Å². The molecule has 2 aliphatic rings. The molecular weight excluding hydrogens is 521 g/mol. The van der Waals surface area contributed by atoms with Crippen LogP contribution in [0.25, 0.3) is 0 Å². The largest absolute Gasteiger partial charge is 0.495 e. The molecule has 4 atom stereocenters. The number of carbonyl (C=O) groups is 1. The van der Waals surface area contributed by atoms with Gasteiger partial charge in [-0.15, -0.1) is 11.6 Å². The molecule has 3 N–H and O–H groups in total. The molecule has 0 spiro atoms. The second kappa shape index (κ2) is 13.6. The smallest absolute Gasteiger partial charge is 0.224 e. The zero-order chi connectivity index (χ0) is 28.0. The Bertz CT molecular complexity index is 1190. The quantitative estimate of drug-likeness (QED) is 0.170. The first-order chi connectivity index (χ1) is 18.1. The molecule has 38 heavy (non-hydrogen) atoms. The molecule has 0 radical (unpaired) electrons. The second-order valence-corrected chi connectivity index (χ2v) is 10.7. The fourth-order valence-electron chi connectivity index (χ4n) is 4.99. The molecule has 1 aromatic rings. The van der Waals surface area contributed by atoms with Crippen LogP contribution in [0.4, 0.5) is 5.69 Å². The first-order valence-electron chi connectivity index (χ1n) is 13.0. The van der Waals surface area contributed by atoms with Crippen molar-refractivity contribution in [1.29, 1.82) is 5.41 Å². The predicted octanol–water partition coefficient (Wildman–Crippen LogP) is 6.63. The molecule has 0 aromatic heterocycles. The summed E-state index contributed by atoms with van der Waals surface area (Å²) in [5.41, 5.74) is 5.97. The summed E-state index contributed by atoms with van der Waals surface area (Å²) in [5, 5.41) is 15.5. The topological polar surface area (TPSA) is 83.4 Å². The van der Waals surface area contributed by atoms with Crippen molar-refractivity contribution in [2.75, 3.05) is 26.1 Å². The van der Waals surface area contributed by atoms with E-state index in [0.29, 0.717) is 35.0 Å². The van der Waals surface area contributed by atoms with E-state index in [4.69, 9.17) is 38.1 Å². The lowest BCUT2D eigenvalue weighted by molar-refractivity contribution is -0.116. The van der Waals surface area contributed by atoms with Gasteiger partial charge in [-0.3, -0.25) is 4.79 Å². The third kappa shape index (κ3) is 6.78. The molecule has 4 unspecified atom stereocenters. The summed E-state index contributed by atoms with van der Waals surface area (Å²) in [5.74, 6) is 0.692. The number of alkyl halides is 1. The van der Waals surface area contributed by atoms with Gasteiger partial charge in [0.05, 0.1) is 29.3 Å². The van der Waals surface area contributed by atoms with Crippen LogP contribution < -0.4 is 10.6 Å². The Morgan fingerprint density at radius 3 is 2.58 bits per heavy atom. The first kappa shape index (κ1) is 30.2. The Hall–Kier alpha value is -2.38. The highest BCUT2D eigenvalue weighted by Gasteiger charge is 2.33. The summed E-state index contributed by atoms with van der Waals surface area (Å²) in [6.45, 7) is 8.81. The predicted molar refractivity (Wildman–Crippen MR) is 157 cm³/mol. The van der Waals surface area contributed by atoms with Gasteiger partial charge in [-0.25, -0.2) is 0 Å². The summed E-state index contributed by atoms with van der Waals surface area (Å²) in [6, 6.07) is 5.78. The molecule has 0 saturated heterocycles. The van der Waals surface area contributed by atoms with Crippen LogP contribution in [0.3, 0.4) is 0 Å².